The minimum absolute atomic E-state index is 0.0394. The smallest absolute Gasteiger partial charge is 0.197 e. The summed E-state index contributed by atoms with van der Waals surface area (Å²) in [5, 5.41) is -0.752. The Morgan fingerprint density at radius 1 is 1.30 bits per heavy atom. The van der Waals surface area contributed by atoms with Crippen molar-refractivity contribution in [3.05, 3.63) is 0 Å². The van der Waals surface area contributed by atoms with Gasteiger partial charge in [0.05, 0.1) is 5.25 Å². The van der Waals surface area contributed by atoms with E-state index < -0.39 is 15.4 Å². The number of rotatable bonds is 3. The lowest BCUT2D eigenvalue weighted by Gasteiger charge is -2.12. The van der Waals surface area contributed by atoms with Gasteiger partial charge in [0.15, 0.2) is 0 Å². The van der Waals surface area contributed by atoms with Crippen LogP contribution >= 0.6 is 0 Å². The van der Waals surface area contributed by atoms with Crippen LogP contribution in [0.15, 0.2) is 0 Å². The Bertz CT molecular complexity index is 183. The van der Waals surface area contributed by atoms with Gasteiger partial charge in [-0.25, -0.2) is 0 Å². The highest BCUT2D eigenvalue weighted by Crippen LogP contribution is 2.13. The quantitative estimate of drug-likeness (QED) is 0.630. The van der Waals surface area contributed by atoms with Gasteiger partial charge in [-0.2, -0.15) is 8.42 Å². The highest BCUT2D eigenvalue weighted by Gasteiger charge is 2.23. The standard InChI is InChI=1S/C6H13O3S/c1-4-5(2)6(3)10(7,8)9/h5-6H,4H2,1-3H3. The SMILES string of the molecule is CCC(C)C(C)S([O])(=O)=O. The summed E-state index contributed by atoms with van der Waals surface area (Å²) in [5.74, 6) is -0.0394. The molecule has 0 N–H and O–H groups in total. The summed E-state index contributed by atoms with van der Waals surface area (Å²) in [6.07, 6.45) is 0.725. The summed E-state index contributed by atoms with van der Waals surface area (Å²) in [5.41, 5.74) is 0. The Hall–Kier alpha value is -0.0900. The normalized spacial score (nSPS) is 18.4. The third kappa shape index (κ3) is 2.66. The van der Waals surface area contributed by atoms with Crippen LogP contribution in [0, 0.1) is 5.92 Å². The van der Waals surface area contributed by atoms with E-state index in [-0.39, 0.29) is 5.92 Å². The molecule has 0 rings (SSSR count). The summed E-state index contributed by atoms with van der Waals surface area (Å²) < 4.78 is 31.1. The lowest BCUT2D eigenvalue weighted by molar-refractivity contribution is 0.384. The van der Waals surface area contributed by atoms with Crippen LogP contribution in [0.2, 0.25) is 0 Å². The number of hydrogen-bond donors (Lipinski definition) is 0. The summed E-state index contributed by atoms with van der Waals surface area (Å²) in [4.78, 5) is 0. The van der Waals surface area contributed by atoms with Crippen LogP contribution in [0.1, 0.15) is 27.2 Å². The topological polar surface area (TPSA) is 54.0 Å². The molecule has 10 heavy (non-hydrogen) atoms. The highest BCUT2D eigenvalue weighted by molar-refractivity contribution is 7.86. The van der Waals surface area contributed by atoms with Crippen LogP contribution in [0.3, 0.4) is 0 Å². The third-order valence-electron chi connectivity index (χ3n) is 1.90. The Morgan fingerprint density at radius 3 is 1.80 bits per heavy atom. The largest absolute Gasteiger partial charge is 0.297 e. The summed E-state index contributed by atoms with van der Waals surface area (Å²) in [6.45, 7) is 5.09. The van der Waals surface area contributed by atoms with E-state index in [1.54, 1.807) is 6.92 Å². The maximum absolute atomic E-state index is 10.4. The van der Waals surface area contributed by atoms with Gasteiger partial charge in [0.25, 0.3) is 10.1 Å². The molecule has 0 amide bonds. The molecule has 0 spiro atoms. The maximum Gasteiger partial charge on any atom is 0.297 e. The molecule has 4 heteroatoms. The number of hydrogen-bond acceptors (Lipinski definition) is 2. The van der Waals surface area contributed by atoms with E-state index in [2.05, 4.69) is 0 Å². The first-order chi connectivity index (χ1) is 4.39. The molecule has 0 aromatic carbocycles. The summed E-state index contributed by atoms with van der Waals surface area (Å²) >= 11 is 0. The molecule has 0 aliphatic rings. The van der Waals surface area contributed by atoms with Crippen molar-refractivity contribution < 1.29 is 13.0 Å². The second-order valence-corrected chi connectivity index (χ2v) is 4.31. The van der Waals surface area contributed by atoms with Crippen molar-refractivity contribution in [3.63, 3.8) is 0 Å². The van der Waals surface area contributed by atoms with Crippen molar-refractivity contribution in [1.82, 2.24) is 0 Å². The van der Waals surface area contributed by atoms with E-state index in [1.807, 2.05) is 6.92 Å². The van der Waals surface area contributed by atoms with Gasteiger partial charge in [0, 0.05) is 0 Å². The predicted octanol–water partition coefficient (Wildman–Crippen LogP) is 1.18. The van der Waals surface area contributed by atoms with Crippen molar-refractivity contribution in [2.24, 2.45) is 5.92 Å². The van der Waals surface area contributed by atoms with Gasteiger partial charge >= 0.3 is 0 Å². The minimum atomic E-state index is -4.06. The van der Waals surface area contributed by atoms with Crippen LogP contribution < -0.4 is 0 Å². The van der Waals surface area contributed by atoms with E-state index in [0.29, 0.717) is 0 Å². The van der Waals surface area contributed by atoms with Gasteiger partial charge in [-0.15, -0.1) is 0 Å². The Kier molecular flexibility index (Phi) is 3.31. The Labute approximate surface area is 62.2 Å². The average Bonchev–Trinajstić information content (AvgIpc) is 1.83. The highest BCUT2D eigenvalue weighted by atomic mass is 32.2. The molecule has 0 aliphatic heterocycles. The van der Waals surface area contributed by atoms with E-state index in [9.17, 15) is 13.0 Å². The molecule has 2 atom stereocenters. The lowest BCUT2D eigenvalue weighted by atomic mass is 10.1. The van der Waals surface area contributed by atoms with Gasteiger partial charge in [-0.05, 0) is 12.8 Å². The van der Waals surface area contributed by atoms with Crippen LogP contribution in [0.4, 0.5) is 0 Å². The Morgan fingerprint density at radius 2 is 1.70 bits per heavy atom. The molecule has 0 aromatic rings. The molecule has 0 aliphatic carbocycles. The van der Waals surface area contributed by atoms with E-state index in [1.165, 1.54) is 6.92 Å². The van der Waals surface area contributed by atoms with Gasteiger partial charge in [-0.1, -0.05) is 24.8 Å². The van der Waals surface area contributed by atoms with E-state index in [4.69, 9.17) is 0 Å². The third-order valence-corrected chi connectivity index (χ3v) is 3.28. The fraction of sp³-hybridized carbons (Fsp3) is 1.00. The maximum atomic E-state index is 10.4. The molecule has 0 heterocycles. The minimum Gasteiger partial charge on any atom is -0.197 e. The first kappa shape index (κ1) is 9.91. The lowest BCUT2D eigenvalue weighted by Crippen LogP contribution is -2.22. The molecule has 0 saturated carbocycles. The van der Waals surface area contributed by atoms with E-state index in [0.717, 1.165) is 6.42 Å². The van der Waals surface area contributed by atoms with Gasteiger partial charge < -0.3 is 0 Å². The van der Waals surface area contributed by atoms with Crippen molar-refractivity contribution in [2.45, 2.75) is 32.4 Å². The van der Waals surface area contributed by atoms with E-state index >= 15 is 0 Å². The van der Waals surface area contributed by atoms with Gasteiger partial charge in [0.2, 0.25) is 0 Å². The van der Waals surface area contributed by atoms with Gasteiger partial charge in [-0.3, -0.25) is 0 Å². The molecule has 0 saturated heterocycles. The second kappa shape index (κ2) is 3.34. The molecule has 0 fully saturated rings. The van der Waals surface area contributed by atoms with Crippen LogP contribution in [0.5, 0.6) is 0 Å². The zero-order valence-corrected chi connectivity index (χ0v) is 7.31. The monoisotopic (exact) mass is 165 g/mol. The predicted molar refractivity (Wildman–Crippen MR) is 38.5 cm³/mol. The summed E-state index contributed by atoms with van der Waals surface area (Å²) in [6, 6.07) is 0. The first-order valence-corrected chi connectivity index (χ1v) is 4.81. The summed E-state index contributed by atoms with van der Waals surface area (Å²) in [7, 11) is -4.06. The molecular formula is C6H13O3S. The fourth-order valence-electron chi connectivity index (χ4n) is 0.616. The average molecular weight is 165 g/mol. The zero-order chi connectivity index (χ0) is 8.36. The molecular weight excluding hydrogens is 152 g/mol. The van der Waals surface area contributed by atoms with Crippen LogP contribution in [0.25, 0.3) is 0 Å². The van der Waals surface area contributed by atoms with Crippen molar-refractivity contribution in [3.8, 4) is 0 Å². The molecule has 3 nitrogen and oxygen atoms in total. The molecule has 0 aromatic heterocycles. The fourth-order valence-corrected chi connectivity index (χ4v) is 1.38. The van der Waals surface area contributed by atoms with Crippen LogP contribution in [-0.2, 0) is 14.7 Å². The Balaban J connectivity index is 4.23. The van der Waals surface area contributed by atoms with Crippen molar-refractivity contribution >= 4 is 10.1 Å². The molecule has 61 valence electrons. The van der Waals surface area contributed by atoms with Crippen molar-refractivity contribution in [1.29, 1.82) is 0 Å². The van der Waals surface area contributed by atoms with Gasteiger partial charge in [0.1, 0.15) is 0 Å². The molecule has 1 radical (unpaired) electrons. The second-order valence-electron chi connectivity index (χ2n) is 2.58. The molecule has 2 unspecified atom stereocenters. The van der Waals surface area contributed by atoms with Crippen molar-refractivity contribution in [2.75, 3.05) is 0 Å². The zero-order valence-electron chi connectivity index (χ0n) is 6.49. The first-order valence-electron chi connectivity index (χ1n) is 3.34. The molecule has 0 bridgehead atoms. The van der Waals surface area contributed by atoms with Crippen LogP contribution in [-0.4, -0.2) is 13.7 Å².